The van der Waals surface area contributed by atoms with E-state index in [9.17, 15) is 9.59 Å². The van der Waals surface area contributed by atoms with Gasteiger partial charge in [-0.2, -0.15) is 11.3 Å². The normalized spacial score (nSPS) is 20.4. The highest BCUT2D eigenvalue weighted by molar-refractivity contribution is 7.07. The third-order valence-corrected chi connectivity index (χ3v) is 4.35. The van der Waals surface area contributed by atoms with Crippen LogP contribution in [0.2, 0.25) is 0 Å². The lowest BCUT2D eigenvalue weighted by molar-refractivity contribution is -0.138. The van der Waals surface area contributed by atoms with E-state index in [1.54, 1.807) is 16.2 Å². The summed E-state index contributed by atoms with van der Waals surface area (Å²) < 4.78 is 0. The van der Waals surface area contributed by atoms with Gasteiger partial charge in [-0.3, -0.25) is 4.79 Å². The van der Waals surface area contributed by atoms with Crippen LogP contribution in [0.5, 0.6) is 0 Å². The molecule has 1 fully saturated rings. The number of carboxylic acid groups (broad SMARTS) is 1. The van der Waals surface area contributed by atoms with Crippen molar-refractivity contribution in [1.29, 1.82) is 0 Å². The van der Waals surface area contributed by atoms with E-state index in [-0.39, 0.29) is 24.4 Å². The molecule has 6 heteroatoms. The fourth-order valence-electron chi connectivity index (χ4n) is 2.54. The lowest BCUT2D eigenvalue weighted by Gasteiger charge is -2.33. The van der Waals surface area contributed by atoms with Crippen molar-refractivity contribution in [1.82, 2.24) is 10.2 Å². The van der Waals surface area contributed by atoms with E-state index in [1.807, 2.05) is 23.8 Å². The van der Waals surface area contributed by atoms with Crippen LogP contribution in [0.3, 0.4) is 0 Å². The van der Waals surface area contributed by atoms with Gasteiger partial charge in [0.15, 0.2) is 0 Å². The number of likely N-dealkylation sites (tertiary alicyclic amines) is 1. The van der Waals surface area contributed by atoms with Crippen molar-refractivity contribution in [2.24, 2.45) is 5.92 Å². The number of nitrogens with one attached hydrogen (secondary N) is 1. The average Bonchev–Trinajstić information content (AvgIpc) is 2.92. The van der Waals surface area contributed by atoms with Crippen molar-refractivity contribution in [3.8, 4) is 0 Å². The first kappa shape index (κ1) is 14.8. The van der Waals surface area contributed by atoms with Crippen LogP contribution in [-0.4, -0.2) is 35.1 Å². The Balaban J connectivity index is 1.87. The topological polar surface area (TPSA) is 69.6 Å². The molecule has 2 N–H and O–H groups in total. The van der Waals surface area contributed by atoms with Crippen LogP contribution in [-0.2, 0) is 4.79 Å². The van der Waals surface area contributed by atoms with Gasteiger partial charge < -0.3 is 15.3 Å². The fraction of sp³-hybridized carbons (Fsp3) is 0.571. The minimum absolute atomic E-state index is 0.0198. The van der Waals surface area contributed by atoms with E-state index in [1.165, 1.54) is 0 Å². The molecule has 2 atom stereocenters. The Morgan fingerprint density at radius 1 is 1.60 bits per heavy atom. The van der Waals surface area contributed by atoms with Crippen LogP contribution in [0.1, 0.15) is 37.8 Å². The predicted octanol–water partition coefficient (Wildman–Crippen LogP) is 2.71. The molecule has 5 nitrogen and oxygen atoms in total. The van der Waals surface area contributed by atoms with Gasteiger partial charge in [0.1, 0.15) is 0 Å². The van der Waals surface area contributed by atoms with E-state index in [0.29, 0.717) is 13.1 Å². The molecule has 0 radical (unpaired) electrons. The molecule has 1 aliphatic heterocycles. The van der Waals surface area contributed by atoms with Gasteiger partial charge in [0.25, 0.3) is 0 Å². The van der Waals surface area contributed by atoms with Crippen molar-refractivity contribution >= 4 is 23.3 Å². The molecule has 1 aromatic heterocycles. The molecule has 2 amide bonds. The molecule has 0 spiro atoms. The number of urea groups is 1. The third kappa shape index (κ3) is 3.96. The first-order valence-corrected chi connectivity index (χ1v) is 7.80. The number of piperidine rings is 1. The highest BCUT2D eigenvalue weighted by Gasteiger charge is 2.26. The average molecular weight is 296 g/mol. The Bertz CT molecular complexity index is 461. The Hall–Kier alpha value is -1.56. The smallest absolute Gasteiger partial charge is 0.317 e. The standard InChI is InChI=1S/C14H20N2O3S/c1-10(12-4-6-20-9-12)15-14(19)16-5-2-3-11(8-16)7-13(17)18/h4,6,9-11H,2-3,5,7-8H2,1H3,(H,15,19)(H,17,18). The van der Waals surface area contributed by atoms with Crippen molar-refractivity contribution < 1.29 is 14.7 Å². The molecule has 20 heavy (non-hydrogen) atoms. The summed E-state index contributed by atoms with van der Waals surface area (Å²) in [5, 5.41) is 15.8. The summed E-state index contributed by atoms with van der Waals surface area (Å²) >= 11 is 1.61. The van der Waals surface area contributed by atoms with Crippen LogP contribution < -0.4 is 5.32 Å². The molecule has 110 valence electrons. The number of carboxylic acids is 1. The van der Waals surface area contributed by atoms with Crippen molar-refractivity contribution in [3.63, 3.8) is 0 Å². The molecular weight excluding hydrogens is 276 g/mol. The summed E-state index contributed by atoms with van der Waals surface area (Å²) in [4.78, 5) is 24.7. The minimum Gasteiger partial charge on any atom is -0.481 e. The van der Waals surface area contributed by atoms with Crippen LogP contribution >= 0.6 is 11.3 Å². The summed E-state index contributed by atoms with van der Waals surface area (Å²) in [5.41, 5.74) is 1.10. The van der Waals surface area contributed by atoms with E-state index in [2.05, 4.69) is 5.32 Å². The third-order valence-electron chi connectivity index (χ3n) is 3.65. The Kier molecular flexibility index (Phi) is 5.00. The number of nitrogens with zero attached hydrogens (tertiary/aromatic N) is 1. The number of amides is 2. The first-order valence-electron chi connectivity index (χ1n) is 6.85. The lowest BCUT2D eigenvalue weighted by Crippen LogP contribution is -2.46. The largest absolute Gasteiger partial charge is 0.481 e. The van der Waals surface area contributed by atoms with E-state index >= 15 is 0 Å². The number of hydrogen-bond acceptors (Lipinski definition) is 3. The van der Waals surface area contributed by atoms with Gasteiger partial charge in [0.2, 0.25) is 0 Å². The van der Waals surface area contributed by atoms with Gasteiger partial charge in [0.05, 0.1) is 6.04 Å². The van der Waals surface area contributed by atoms with Gasteiger partial charge >= 0.3 is 12.0 Å². The van der Waals surface area contributed by atoms with E-state index in [4.69, 9.17) is 5.11 Å². The predicted molar refractivity (Wildman–Crippen MR) is 77.8 cm³/mol. The molecule has 0 saturated carbocycles. The second kappa shape index (κ2) is 6.74. The summed E-state index contributed by atoms with van der Waals surface area (Å²) in [7, 11) is 0. The maximum Gasteiger partial charge on any atom is 0.317 e. The number of carbonyl (C=O) groups excluding carboxylic acids is 1. The Morgan fingerprint density at radius 3 is 3.05 bits per heavy atom. The monoisotopic (exact) mass is 296 g/mol. The minimum atomic E-state index is -0.788. The van der Waals surface area contributed by atoms with Crippen molar-refractivity contribution in [2.75, 3.05) is 13.1 Å². The molecule has 1 saturated heterocycles. The van der Waals surface area contributed by atoms with Gasteiger partial charge in [-0.1, -0.05) is 0 Å². The van der Waals surface area contributed by atoms with Gasteiger partial charge in [-0.15, -0.1) is 0 Å². The quantitative estimate of drug-likeness (QED) is 0.897. The lowest BCUT2D eigenvalue weighted by atomic mass is 9.95. The number of thiophene rings is 1. The van der Waals surface area contributed by atoms with E-state index in [0.717, 1.165) is 18.4 Å². The number of rotatable bonds is 4. The van der Waals surface area contributed by atoms with Crippen molar-refractivity contribution in [2.45, 2.75) is 32.2 Å². The molecule has 1 aliphatic rings. The van der Waals surface area contributed by atoms with Gasteiger partial charge in [-0.25, -0.2) is 4.79 Å². The maximum atomic E-state index is 12.2. The zero-order chi connectivity index (χ0) is 14.5. The molecule has 0 aliphatic carbocycles. The number of hydrogen-bond donors (Lipinski definition) is 2. The first-order chi connectivity index (χ1) is 9.56. The molecule has 2 rings (SSSR count). The summed E-state index contributed by atoms with van der Waals surface area (Å²) in [6, 6.07) is 1.88. The Labute approximate surface area is 122 Å². The highest BCUT2D eigenvalue weighted by atomic mass is 32.1. The zero-order valence-electron chi connectivity index (χ0n) is 11.5. The van der Waals surface area contributed by atoms with Crippen LogP contribution in [0.25, 0.3) is 0 Å². The van der Waals surface area contributed by atoms with Gasteiger partial charge in [0, 0.05) is 19.5 Å². The zero-order valence-corrected chi connectivity index (χ0v) is 12.4. The number of carbonyl (C=O) groups is 2. The Morgan fingerprint density at radius 2 is 2.40 bits per heavy atom. The second-order valence-electron chi connectivity index (χ2n) is 5.28. The van der Waals surface area contributed by atoms with Gasteiger partial charge in [-0.05, 0) is 48.1 Å². The van der Waals surface area contributed by atoms with E-state index < -0.39 is 5.97 Å². The van der Waals surface area contributed by atoms with Crippen molar-refractivity contribution in [3.05, 3.63) is 22.4 Å². The summed E-state index contributed by atoms with van der Waals surface area (Å²) in [6.07, 6.45) is 1.90. The molecule has 2 unspecified atom stereocenters. The van der Waals surface area contributed by atoms with Crippen LogP contribution in [0.15, 0.2) is 16.8 Å². The highest BCUT2D eigenvalue weighted by Crippen LogP contribution is 2.21. The molecule has 2 heterocycles. The molecule has 0 aromatic carbocycles. The number of aliphatic carboxylic acids is 1. The van der Waals surface area contributed by atoms with Crippen LogP contribution in [0.4, 0.5) is 4.79 Å². The second-order valence-corrected chi connectivity index (χ2v) is 6.06. The fourth-order valence-corrected chi connectivity index (χ4v) is 3.30. The molecule has 0 bridgehead atoms. The van der Waals surface area contributed by atoms with Crippen LogP contribution in [0, 0.1) is 5.92 Å². The maximum absolute atomic E-state index is 12.2. The summed E-state index contributed by atoms with van der Waals surface area (Å²) in [5.74, 6) is -0.715. The SMILES string of the molecule is CC(NC(=O)N1CCCC(CC(=O)O)C1)c1ccsc1. The molecule has 1 aromatic rings. The molecular formula is C14H20N2O3S. The summed E-state index contributed by atoms with van der Waals surface area (Å²) in [6.45, 7) is 3.20.